The lowest BCUT2D eigenvalue weighted by Crippen LogP contribution is -2.37. The lowest BCUT2D eigenvalue weighted by atomic mass is 9.97. The summed E-state index contributed by atoms with van der Waals surface area (Å²) < 4.78 is 16.1. The number of hydrogen-bond acceptors (Lipinski definition) is 6. The molecule has 0 unspecified atom stereocenters. The van der Waals surface area contributed by atoms with Gasteiger partial charge < -0.3 is 23.9 Å². The van der Waals surface area contributed by atoms with Crippen molar-refractivity contribution in [1.29, 1.82) is 0 Å². The number of hydrogen-bond donors (Lipinski definition) is 1. The van der Waals surface area contributed by atoms with Gasteiger partial charge in [-0.15, -0.1) is 0 Å². The minimum Gasteiger partial charge on any atom is -0.508 e. The molecule has 0 spiro atoms. The molecule has 2 heterocycles. The van der Waals surface area contributed by atoms with Gasteiger partial charge in [0.2, 0.25) is 5.91 Å². The number of benzene rings is 2. The molecule has 3 aromatic rings. The first-order chi connectivity index (χ1) is 14.4. The molecule has 1 aromatic heterocycles. The van der Waals surface area contributed by atoms with E-state index < -0.39 is 5.63 Å². The summed E-state index contributed by atoms with van der Waals surface area (Å²) in [6.07, 6.45) is 0.666. The minimum absolute atomic E-state index is 0.0212. The maximum absolute atomic E-state index is 13.0. The summed E-state index contributed by atoms with van der Waals surface area (Å²) in [7, 11) is 3.18. The molecule has 1 N–H and O–H groups in total. The van der Waals surface area contributed by atoms with Crippen LogP contribution in [0.25, 0.3) is 11.0 Å². The second-order valence-corrected chi connectivity index (χ2v) is 7.39. The number of carbonyl (C=O) groups excluding carboxylic acids is 1. The number of aryl methyl sites for hydroxylation is 1. The Hall–Kier alpha value is -3.48. The number of nitrogens with zero attached hydrogens (tertiary/aromatic N) is 1. The summed E-state index contributed by atoms with van der Waals surface area (Å²) >= 11 is 0. The molecule has 156 valence electrons. The molecule has 0 radical (unpaired) electrons. The van der Waals surface area contributed by atoms with Gasteiger partial charge in [-0.25, -0.2) is 4.79 Å². The van der Waals surface area contributed by atoms with Gasteiger partial charge >= 0.3 is 5.63 Å². The van der Waals surface area contributed by atoms with E-state index >= 15 is 0 Å². The van der Waals surface area contributed by atoms with Gasteiger partial charge in [-0.2, -0.15) is 0 Å². The zero-order valence-corrected chi connectivity index (χ0v) is 17.2. The predicted octanol–water partition coefficient (Wildman–Crippen LogP) is 2.95. The first-order valence-electron chi connectivity index (χ1n) is 9.68. The van der Waals surface area contributed by atoms with E-state index in [1.807, 2.05) is 12.1 Å². The van der Waals surface area contributed by atoms with Crippen LogP contribution in [0.5, 0.6) is 17.2 Å². The van der Waals surface area contributed by atoms with E-state index in [4.69, 9.17) is 13.9 Å². The van der Waals surface area contributed by atoms with Gasteiger partial charge in [0.05, 0.1) is 26.2 Å². The van der Waals surface area contributed by atoms with Crippen LogP contribution in [0.4, 0.5) is 0 Å². The standard InChI is InChI=1S/C23H23NO6/c1-13-17-5-4-16(25)10-19(17)30-23(27)18(13)11-22(26)24-7-6-14-8-20(28-2)21(29-3)9-15(14)12-24/h4-5,8-10,25H,6-7,11-12H2,1-3H3. The van der Waals surface area contributed by atoms with E-state index in [-0.39, 0.29) is 18.1 Å². The Morgan fingerprint density at radius 2 is 1.83 bits per heavy atom. The molecule has 1 aliphatic rings. The molecule has 0 atom stereocenters. The Bertz CT molecular complexity index is 1200. The zero-order valence-electron chi connectivity index (χ0n) is 17.2. The molecule has 1 amide bonds. The summed E-state index contributed by atoms with van der Waals surface area (Å²) in [6.45, 7) is 2.80. The van der Waals surface area contributed by atoms with Crippen LogP contribution in [0.3, 0.4) is 0 Å². The highest BCUT2D eigenvalue weighted by molar-refractivity contribution is 5.85. The van der Waals surface area contributed by atoms with Crippen LogP contribution in [-0.2, 0) is 24.2 Å². The van der Waals surface area contributed by atoms with Gasteiger partial charge in [0, 0.05) is 24.5 Å². The largest absolute Gasteiger partial charge is 0.508 e. The van der Waals surface area contributed by atoms with Crippen molar-refractivity contribution in [2.75, 3.05) is 20.8 Å². The summed E-state index contributed by atoms with van der Waals surface area (Å²) in [5, 5.41) is 10.3. The molecule has 30 heavy (non-hydrogen) atoms. The fraction of sp³-hybridized carbons (Fsp3) is 0.304. The Labute approximate surface area is 173 Å². The smallest absolute Gasteiger partial charge is 0.340 e. The zero-order chi connectivity index (χ0) is 21.4. The molecular weight excluding hydrogens is 386 g/mol. The molecule has 0 bridgehead atoms. The first-order valence-corrected chi connectivity index (χ1v) is 9.68. The highest BCUT2D eigenvalue weighted by Crippen LogP contribution is 2.33. The number of phenols is 1. The second-order valence-electron chi connectivity index (χ2n) is 7.39. The molecule has 7 heteroatoms. The van der Waals surface area contributed by atoms with Crippen LogP contribution < -0.4 is 15.1 Å². The van der Waals surface area contributed by atoms with Gasteiger partial charge in [-0.3, -0.25) is 4.79 Å². The third kappa shape index (κ3) is 3.47. The van der Waals surface area contributed by atoms with Crippen molar-refractivity contribution in [1.82, 2.24) is 4.90 Å². The topological polar surface area (TPSA) is 89.2 Å². The van der Waals surface area contributed by atoms with E-state index in [9.17, 15) is 14.7 Å². The van der Waals surface area contributed by atoms with Crippen LogP contribution in [0.2, 0.25) is 0 Å². The van der Waals surface area contributed by atoms with E-state index in [0.29, 0.717) is 53.1 Å². The minimum atomic E-state index is -0.553. The van der Waals surface area contributed by atoms with E-state index in [2.05, 4.69) is 0 Å². The Balaban J connectivity index is 1.60. The van der Waals surface area contributed by atoms with Crippen molar-refractivity contribution in [2.24, 2.45) is 0 Å². The van der Waals surface area contributed by atoms with E-state index in [0.717, 1.165) is 11.1 Å². The van der Waals surface area contributed by atoms with Gasteiger partial charge in [-0.05, 0) is 54.3 Å². The molecule has 7 nitrogen and oxygen atoms in total. The number of ether oxygens (including phenoxy) is 2. The van der Waals surface area contributed by atoms with Crippen molar-refractivity contribution in [2.45, 2.75) is 26.3 Å². The van der Waals surface area contributed by atoms with E-state index in [1.165, 1.54) is 12.1 Å². The quantitative estimate of drug-likeness (QED) is 0.667. The second kappa shape index (κ2) is 7.74. The monoisotopic (exact) mass is 409 g/mol. The first kappa shape index (κ1) is 19.8. The number of amides is 1. The number of aromatic hydroxyl groups is 1. The lowest BCUT2D eigenvalue weighted by Gasteiger charge is -2.29. The number of rotatable bonds is 4. The molecule has 2 aromatic carbocycles. The highest BCUT2D eigenvalue weighted by Gasteiger charge is 2.25. The fourth-order valence-electron chi connectivity index (χ4n) is 3.95. The summed E-state index contributed by atoms with van der Waals surface area (Å²) in [5.41, 5.74) is 2.92. The molecule has 0 aliphatic carbocycles. The number of phenolic OH excluding ortho intramolecular Hbond substituents is 1. The van der Waals surface area contributed by atoms with Crippen LogP contribution >= 0.6 is 0 Å². The average molecular weight is 409 g/mol. The van der Waals surface area contributed by atoms with Crippen LogP contribution in [0, 0.1) is 6.92 Å². The van der Waals surface area contributed by atoms with Crippen LogP contribution in [-0.4, -0.2) is 36.7 Å². The number of methoxy groups -OCH3 is 2. The molecule has 1 aliphatic heterocycles. The Kier molecular flexibility index (Phi) is 5.11. The van der Waals surface area contributed by atoms with Crippen molar-refractivity contribution >= 4 is 16.9 Å². The maximum Gasteiger partial charge on any atom is 0.340 e. The predicted molar refractivity (Wildman–Crippen MR) is 111 cm³/mol. The maximum atomic E-state index is 13.0. The number of carbonyl (C=O) groups is 1. The van der Waals surface area contributed by atoms with Crippen molar-refractivity contribution < 1.29 is 23.8 Å². The fourth-order valence-corrected chi connectivity index (χ4v) is 3.95. The van der Waals surface area contributed by atoms with Gasteiger partial charge in [0.1, 0.15) is 11.3 Å². The van der Waals surface area contributed by atoms with E-state index in [1.54, 1.807) is 32.1 Å². The molecule has 0 saturated heterocycles. The SMILES string of the molecule is COc1cc2c(cc1OC)CN(C(=O)Cc1c(C)c3ccc(O)cc3oc1=O)CC2. The Morgan fingerprint density at radius 1 is 1.13 bits per heavy atom. The van der Waals surface area contributed by atoms with Gasteiger partial charge in [0.15, 0.2) is 11.5 Å². The van der Waals surface area contributed by atoms with Crippen molar-refractivity contribution in [3.8, 4) is 17.2 Å². The molecular formula is C23H23NO6. The van der Waals surface area contributed by atoms with Crippen molar-refractivity contribution in [3.05, 3.63) is 63.0 Å². The average Bonchev–Trinajstić information content (AvgIpc) is 2.74. The summed E-state index contributed by atoms with van der Waals surface area (Å²) in [4.78, 5) is 27.2. The van der Waals surface area contributed by atoms with Gasteiger partial charge in [-0.1, -0.05) is 0 Å². The van der Waals surface area contributed by atoms with Gasteiger partial charge in [0.25, 0.3) is 0 Å². The molecule has 0 fully saturated rings. The lowest BCUT2D eigenvalue weighted by molar-refractivity contribution is -0.131. The summed E-state index contributed by atoms with van der Waals surface area (Å²) in [6, 6.07) is 8.47. The number of fused-ring (bicyclic) bond motifs is 2. The third-order valence-electron chi connectivity index (χ3n) is 5.67. The van der Waals surface area contributed by atoms with Crippen LogP contribution in [0.15, 0.2) is 39.5 Å². The summed E-state index contributed by atoms with van der Waals surface area (Å²) in [5.74, 6) is 1.18. The molecule has 0 saturated carbocycles. The van der Waals surface area contributed by atoms with Crippen molar-refractivity contribution in [3.63, 3.8) is 0 Å². The highest BCUT2D eigenvalue weighted by atomic mass is 16.5. The Morgan fingerprint density at radius 3 is 2.53 bits per heavy atom. The van der Waals surface area contributed by atoms with Crippen LogP contribution in [0.1, 0.15) is 22.3 Å². The third-order valence-corrected chi connectivity index (χ3v) is 5.67. The molecule has 4 rings (SSSR count). The normalized spacial score (nSPS) is 13.2.